The number of rotatable bonds is 7. The fourth-order valence-electron chi connectivity index (χ4n) is 2.25. The van der Waals surface area contributed by atoms with Gasteiger partial charge in [0.05, 0.1) is 0 Å². The van der Waals surface area contributed by atoms with E-state index in [0.29, 0.717) is 5.92 Å². The summed E-state index contributed by atoms with van der Waals surface area (Å²) in [5.41, 5.74) is 1.25. The molecule has 2 aromatic rings. The summed E-state index contributed by atoms with van der Waals surface area (Å²) >= 11 is 8.11. The molecule has 0 radical (unpaired) electrons. The standard InChI is InChI=1S/C16H20ClNS/c1-2-18-12-13(11-15-7-5-9-19-15)10-14-6-3-4-8-16(14)17/h3-9,13,18H,2,10-12H2,1H3. The summed E-state index contributed by atoms with van der Waals surface area (Å²) in [5, 5.41) is 6.49. The van der Waals surface area contributed by atoms with Gasteiger partial charge in [0.1, 0.15) is 0 Å². The van der Waals surface area contributed by atoms with Crippen molar-refractivity contribution < 1.29 is 0 Å². The highest BCUT2D eigenvalue weighted by Crippen LogP contribution is 2.22. The molecule has 2 rings (SSSR count). The van der Waals surface area contributed by atoms with Crippen LogP contribution in [0.2, 0.25) is 5.02 Å². The molecule has 0 amide bonds. The Balaban J connectivity index is 2.03. The van der Waals surface area contributed by atoms with E-state index < -0.39 is 0 Å². The molecule has 0 bridgehead atoms. The third-order valence-corrected chi connectivity index (χ3v) is 4.49. The van der Waals surface area contributed by atoms with Crippen LogP contribution < -0.4 is 5.32 Å². The van der Waals surface area contributed by atoms with Crippen molar-refractivity contribution in [3.05, 3.63) is 57.2 Å². The van der Waals surface area contributed by atoms with Crippen molar-refractivity contribution in [1.29, 1.82) is 0 Å². The predicted molar refractivity (Wildman–Crippen MR) is 85.2 cm³/mol. The third kappa shape index (κ3) is 4.64. The smallest absolute Gasteiger partial charge is 0.0438 e. The summed E-state index contributed by atoms with van der Waals surface area (Å²) in [7, 11) is 0. The van der Waals surface area contributed by atoms with Gasteiger partial charge in [0.25, 0.3) is 0 Å². The van der Waals surface area contributed by atoms with Gasteiger partial charge in [-0.15, -0.1) is 11.3 Å². The molecule has 0 saturated heterocycles. The molecule has 1 aromatic carbocycles. The Kier molecular flexibility index (Phi) is 5.90. The summed E-state index contributed by atoms with van der Waals surface area (Å²) in [5.74, 6) is 0.596. The van der Waals surface area contributed by atoms with Gasteiger partial charge < -0.3 is 5.32 Å². The maximum Gasteiger partial charge on any atom is 0.0438 e. The molecule has 1 aromatic heterocycles. The number of halogens is 1. The Morgan fingerprint density at radius 3 is 2.68 bits per heavy atom. The minimum absolute atomic E-state index is 0.596. The van der Waals surface area contributed by atoms with E-state index in [1.807, 2.05) is 23.5 Å². The lowest BCUT2D eigenvalue weighted by Crippen LogP contribution is -2.25. The highest BCUT2D eigenvalue weighted by atomic mass is 35.5. The molecule has 0 aliphatic heterocycles. The lowest BCUT2D eigenvalue weighted by molar-refractivity contribution is 0.481. The highest BCUT2D eigenvalue weighted by molar-refractivity contribution is 7.09. The molecule has 0 aliphatic carbocycles. The van der Waals surface area contributed by atoms with E-state index >= 15 is 0 Å². The second-order valence-corrected chi connectivity index (χ2v) is 6.19. The number of nitrogens with one attached hydrogen (secondary N) is 1. The Labute approximate surface area is 124 Å². The van der Waals surface area contributed by atoms with Gasteiger partial charge in [-0.1, -0.05) is 42.8 Å². The van der Waals surface area contributed by atoms with Crippen LogP contribution in [-0.2, 0) is 12.8 Å². The molecule has 1 N–H and O–H groups in total. The second kappa shape index (κ2) is 7.68. The van der Waals surface area contributed by atoms with E-state index in [-0.39, 0.29) is 0 Å². The Morgan fingerprint density at radius 2 is 2.00 bits per heavy atom. The molecular formula is C16H20ClNS. The van der Waals surface area contributed by atoms with Crippen LogP contribution in [0.25, 0.3) is 0 Å². The summed E-state index contributed by atoms with van der Waals surface area (Å²) in [4.78, 5) is 1.45. The minimum Gasteiger partial charge on any atom is -0.317 e. The highest BCUT2D eigenvalue weighted by Gasteiger charge is 2.12. The van der Waals surface area contributed by atoms with Crippen molar-refractivity contribution in [2.45, 2.75) is 19.8 Å². The molecule has 0 aliphatic rings. The van der Waals surface area contributed by atoms with Crippen molar-refractivity contribution in [1.82, 2.24) is 5.32 Å². The first-order valence-corrected chi connectivity index (χ1v) is 8.02. The lowest BCUT2D eigenvalue weighted by atomic mass is 9.95. The first-order valence-electron chi connectivity index (χ1n) is 6.76. The molecular weight excluding hydrogens is 274 g/mol. The largest absolute Gasteiger partial charge is 0.317 e. The van der Waals surface area contributed by atoms with Crippen LogP contribution >= 0.6 is 22.9 Å². The molecule has 3 heteroatoms. The number of benzene rings is 1. The second-order valence-electron chi connectivity index (χ2n) is 4.75. The van der Waals surface area contributed by atoms with Crippen molar-refractivity contribution >= 4 is 22.9 Å². The maximum atomic E-state index is 6.27. The number of thiophene rings is 1. The first-order chi connectivity index (χ1) is 9.29. The number of hydrogen-bond acceptors (Lipinski definition) is 2. The fraction of sp³-hybridized carbons (Fsp3) is 0.375. The molecule has 0 spiro atoms. The summed E-state index contributed by atoms with van der Waals surface area (Å²) in [6, 6.07) is 12.5. The van der Waals surface area contributed by atoms with E-state index in [0.717, 1.165) is 31.0 Å². The SMILES string of the molecule is CCNCC(Cc1cccs1)Cc1ccccc1Cl. The Bertz CT molecular complexity index is 481. The number of hydrogen-bond donors (Lipinski definition) is 1. The minimum atomic E-state index is 0.596. The summed E-state index contributed by atoms with van der Waals surface area (Å²) in [6.45, 7) is 4.21. The van der Waals surface area contributed by atoms with Crippen molar-refractivity contribution in [2.75, 3.05) is 13.1 Å². The van der Waals surface area contributed by atoms with E-state index in [9.17, 15) is 0 Å². The van der Waals surface area contributed by atoms with Crippen molar-refractivity contribution in [3.8, 4) is 0 Å². The normalized spacial score (nSPS) is 12.5. The zero-order chi connectivity index (χ0) is 13.5. The Hall–Kier alpha value is -0.830. The molecule has 1 unspecified atom stereocenters. The van der Waals surface area contributed by atoms with Crippen molar-refractivity contribution in [3.63, 3.8) is 0 Å². The van der Waals surface area contributed by atoms with Gasteiger partial charge in [0.15, 0.2) is 0 Å². The predicted octanol–water partition coefficient (Wildman–Crippen LogP) is 4.41. The van der Waals surface area contributed by atoms with Gasteiger partial charge in [0, 0.05) is 9.90 Å². The lowest BCUT2D eigenvalue weighted by Gasteiger charge is -2.17. The van der Waals surface area contributed by atoms with Crippen LogP contribution in [0.15, 0.2) is 41.8 Å². The monoisotopic (exact) mass is 293 g/mol. The van der Waals surface area contributed by atoms with Crippen LogP contribution in [0.5, 0.6) is 0 Å². The van der Waals surface area contributed by atoms with Crippen LogP contribution in [0.1, 0.15) is 17.4 Å². The van der Waals surface area contributed by atoms with E-state index in [4.69, 9.17) is 11.6 Å². The average Bonchev–Trinajstić information content (AvgIpc) is 2.91. The fourth-order valence-corrected chi connectivity index (χ4v) is 3.29. The molecule has 1 heterocycles. The quantitative estimate of drug-likeness (QED) is 0.797. The zero-order valence-electron chi connectivity index (χ0n) is 11.2. The van der Waals surface area contributed by atoms with Crippen LogP contribution in [0.4, 0.5) is 0 Å². The zero-order valence-corrected chi connectivity index (χ0v) is 12.8. The van der Waals surface area contributed by atoms with Crippen LogP contribution in [0.3, 0.4) is 0 Å². The average molecular weight is 294 g/mol. The van der Waals surface area contributed by atoms with Gasteiger partial charge in [0.2, 0.25) is 0 Å². The van der Waals surface area contributed by atoms with Crippen molar-refractivity contribution in [2.24, 2.45) is 5.92 Å². The first kappa shape index (κ1) is 14.6. The third-order valence-electron chi connectivity index (χ3n) is 3.22. The molecule has 1 atom stereocenters. The van der Waals surface area contributed by atoms with E-state index in [1.165, 1.54) is 10.4 Å². The summed E-state index contributed by atoms with van der Waals surface area (Å²) < 4.78 is 0. The topological polar surface area (TPSA) is 12.0 Å². The van der Waals surface area contributed by atoms with Gasteiger partial charge in [-0.05, 0) is 54.9 Å². The Morgan fingerprint density at radius 1 is 1.16 bits per heavy atom. The maximum absolute atomic E-state index is 6.27. The van der Waals surface area contributed by atoms with Gasteiger partial charge in [-0.3, -0.25) is 0 Å². The van der Waals surface area contributed by atoms with Gasteiger partial charge >= 0.3 is 0 Å². The van der Waals surface area contributed by atoms with Gasteiger partial charge in [-0.2, -0.15) is 0 Å². The van der Waals surface area contributed by atoms with Crippen LogP contribution in [0, 0.1) is 5.92 Å². The molecule has 1 nitrogen and oxygen atoms in total. The van der Waals surface area contributed by atoms with Gasteiger partial charge in [-0.25, -0.2) is 0 Å². The molecule has 102 valence electrons. The molecule has 0 fully saturated rings. The molecule has 19 heavy (non-hydrogen) atoms. The van der Waals surface area contributed by atoms with Crippen LogP contribution in [-0.4, -0.2) is 13.1 Å². The summed E-state index contributed by atoms with van der Waals surface area (Å²) in [6.07, 6.45) is 2.15. The van der Waals surface area contributed by atoms with E-state index in [1.54, 1.807) is 0 Å². The van der Waals surface area contributed by atoms with E-state index in [2.05, 4.69) is 41.9 Å². The molecule has 0 saturated carbocycles.